The number of nitrogens with zero attached hydrogens (tertiary/aromatic N) is 1. The van der Waals surface area contributed by atoms with E-state index in [2.05, 4.69) is 40.7 Å². The molecule has 0 aromatic heterocycles. The fraction of sp³-hybridized carbons (Fsp3) is 0.417. The third-order valence-electron chi connectivity index (χ3n) is 2.35. The Morgan fingerprint density at radius 2 is 1.94 bits per heavy atom. The van der Waals surface area contributed by atoms with Crippen molar-refractivity contribution in [2.75, 3.05) is 18.8 Å². The molecule has 0 amide bonds. The summed E-state index contributed by atoms with van der Waals surface area (Å²) in [6.45, 7) is 5.99. The van der Waals surface area contributed by atoms with Crippen LogP contribution in [0.2, 0.25) is 0 Å². The van der Waals surface area contributed by atoms with E-state index in [1.54, 1.807) is 11.8 Å². The maximum Gasteiger partial charge on any atom is 0.106 e. The van der Waals surface area contributed by atoms with Crippen LogP contribution in [0.5, 0.6) is 0 Å². The molecule has 88 valence electrons. The summed E-state index contributed by atoms with van der Waals surface area (Å²) >= 11 is 5.21. The lowest BCUT2D eigenvalue weighted by Gasteiger charge is -2.21. The summed E-state index contributed by atoms with van der Waals surface area (Å²) < 4.78 is 1.10. The maximum absolute atomic E-state index is 7.96. The minimum Gasteiger partial charge on any atom is -0.360 e. The molecule has 2 nitrogen and oxygen atoms in total. The molecule has 16 heavy (non-hydrogen) atoms. The molecule has 0 aliphatic rings. The lowest BCUT2D eigenvalue weighted by molar-refractivity contribution is 0.461. The highest BCUT2D eigenvalue weighted by molar-refractivity contribution is 9.10. The Hall–Kier alpha value is -0.480. The smallest absolute Gasteiger partial charge is 0.106 e. The Balaban J connectivity index is 2.52. The van der Waals surface area contributed by atoms with Crippen molar-refractivity contribution in [3.8, 4) is 0 Å². The summed E-state index contributed by atoms with van der Waals surface area (Å²) in [5, 5.41) is 7.96. The van der Waals surface area contributed by atoms with Gasteiger partial charge in [-0.15, -0.1) is 11.8 Å². The predicted molar refractivity (Wildman–Crippen MR) is 75.5 cm³/mol. The van der Waals surface area contributed by atoms with E-state index in [0.717, 1.165) is 23.3 Å². The van der Waals surface area contributed by atoms with Crippen LogP contribution in [0.1, 0.15) is 13.8 Å². The Kier molecular flexibility index (Phi) is 5.91. The first kappa shape index (κ1) is 13.6. The number of nitrogens with one attached hydrogen (secondary N) is 1. The van der Waals surface area contributed by atoms with E-state index >= 15 is 0 Å². The number of benzene rings is 1. The van der Waals surface area contributed by atoms with Crippen LogP contribution in [0.25, 0.3) is 0 Å². The van der Waals surface area contributed by atoms with Crippen molar-refractivity contribution < 1.29 is 0 Å². The Morgan fingerprint density at radius 3 is 2.50 bits per heavy atom. The van der Waals surface area contributed by atoms with Crippen molar-refractivity contribution in [3.05, 3.63) is 28.7 Å². The third kappa shape index (κ3) is 3.83. The first-order valence-electron chi connectivity index (χ1n) is 5.38. The number of hydrogen-bond acceptors (Lipinski definition) is 2. The van der Waals surface area contributed by atoms with Gasteiger partial charge >= 0.3 is 0 Å². The summed E-state index contributed by atoms with van der Waals surface area (Å²) in [6, 6.07) is 8.13. The quantitative estimate of drug-likeness (QED) is 0.508. The van der Waals surface area contributed by atoms with Crippen LogP contribution in [0.3, 0.4) is 0 Å². The molecule has 0 heterocycles. The van der Waals surface area contributed by atoms with Crippen LogP contribution in [0, 0.1) is 5.41 Å². The number of thioether (sulfide) groups is 1. The topological polar surface area (TPSA) is 27.1 Å². The molecule has 0 atom stereocenters. The van der Waals surface area contributed by atoms with Crippen molar-refractivity contribution in [1.82, 2.24) is 4.90 Å². The molecule has 1 rings (SSSR count). The van der Waals surface area contributed by atoms with Gasteiger partial charge in [0.15, 0.2) is 0 Å². The highest BCUT2D eigenvalue weighted by Gasteiger charge is 2.07. The van der Waals surface area contributed by atoms with Gasteiger partial charge in [-0.1, -0.05) is 12.1 Å². The van der Waals surface area contributed by atoms with Gasteiger partial charge in [0, 0.05) is 22.5 Å². The van der Waals surface area contributed by atoms with Gasteiger partial charge in [0.05, 0.1) is 5.75 Å². The molecule has 1 aromatic carbocycles. The average Bonchev–Trinajstić information content (AvgIpc) is 2.29. The highest BCUT2D eigenvalue weighted by Crippen LogP contribution is 2.27. The fourth-order valence-corrected chi connectivity index (χ4v) is 2.89. The van der Waals surface area contributed by atoms with E-state index in [4.69, 9.17) is 5.41 Å². The van der Waals surface area contributed by atoms with Gasteiger partial charge in [0.1, 0.15) is 5.84 Å². The van der Waals surface area contributed by atoms with Crippen LogP contribution >= 0.6 is 27.7 Å². The second-order valence-electron chi connectivity index (χ2n) is 3.34. The molecule has 0 saturated heterocycles. The molecule has 0 bridgehead atoms. The lowest BCUT2D eigenvalue weighted by atomic mass is 10.4. The summed E-state index contributed by atoms with van der Waals surface area (Å²) in [7, 11) is 0. The SMILES string of the molecule is CCN(CC)C(=N)CSc1ccccc1Br. The van der Waals surface area contributed by atoms with E-state index in [1.165, 1.54) is 4.90 Å². The van der Waals surface area contributed by atoms with Crippen LogP contribution < -0.4 is 0 Å². The van der Waals surface area contributed by atoms with Gasteiger partial charge in [0.2, 0.25) is 0 Å². The van der Waals surface area contributed by atoms with Crippen LogP contribution in [-0.4, -0.2) is 29.6 Å². The molecule has 1 aromatic rings. The van der Waals surface area contributed by atoms with Crippen LogP contribution in [0.4, 0.5) is 0 Å². The van der Waals surface area contributed by atoms with Gasteiger partial charge in [-0.05, 0) is 41.9 Å². The Labute approximate surface area is 110 Å². The first-order chi connectivity index (χ1) is 7.69. The average molecular weight is 301 g/mol. The predicted octanol–water partition coefficient (Wildman–Crippen LogP) is 3.86. The molecular formula is C12H17BrN2S. The van der Waals surface area contributed by atoms with Gasteiger partial charge in [-0.2, -0.15) is 0 Å². The van der Waals surface area contributed by atoms with Crippen molar-refractivity contribution in [2.45, 2.75) is 18.7 Å². The summed E-state index contributed by atoms with van der Waals surface area (Å²) in [4.78, 5) is 3.27. The molecule has 0 aliphatic heterocycles. The van der Waals surface area contributed by atoms with Gasteiger partial charge < -0.3 is 4.90 Å². The van der Waals surface area contributed by atoms with Crippen molar-refractivity contribution in [3.63, 3.8) is 0 Å². The van der Waals surface area contributed by atoms with Crippen LogP contribution in [0.15, 0.2) is 33.6 Å². The van der Waals surface area contributed by atoms with Gasteiger partial charge in [0.25, 0.3) is 0 Å². The third-order valence-corrected chi connectivity index (χ3v) is 4.38. The molecule has 0 radical (unpaired) electrons. The molecule has 0 saturated carbocycles. The second-order valence-corrected chi connectivity index (χ2v) is 5.21. The number of hydrogen-bond donors (Lipinski definition) is 1. The largest absolute Gasteiger partial charge is 0.360 e. The van der Waals surface area contributed by atoms with Crippen molar-refractivity contribution >= 4 is 33.5 Å². The zero-order valence-electron chi connectivity index (χ0n) is 9.66. The molecule has 4 heteroatoms. The second kappa shape index (κ2) is 6.97. The normalized spacial score (nSPS) is 10.2. The molecular weight excluding hydrogens is 284 g/mol. The highest BCUT2D eigenvalue weighted by atomic mass is 79.9. The fourth-order valence-electron chi connectivity index (χ4n) is 1.40. The summed E-state index contributed by atoms with van der Waals surface area (Å²) in [5.41, 5.74) is 0. The van der Waals surface area contributed by atoms with E-state index < -0.39 is 0 Å². The van der Waals surface area contributed by atoms with Gasteiger partial charge in [-0.25, -0.2) is 0 Å². The molecule has 0 unspecified atom stereocenters. The number of halogens is 1. The number of rotatable bonds is 5. The van der Waals surface area contributed by atoms with Crippen molar-refractivity contribution in [1.29, 1.82) is 5.41 Å². The summed E-state index contributed by atoms with van der Waals surface area (Å²) in [5.74, 6) is 1.43. The zero-order valence-corrected chi connectivity index (χ0v) is 12.1. The molecule has 0 fully saturated rings. The van der Waals surface area contributed by atoms with Crippen molar-refractivity contribution in [2.24, 2.45) is 0 Å². The first-order valence-corrected chi connectivity index (χ1v) is 7.16. The number of amidine groups is 1. The zero-order chi connectivity index (χ0) is 12.0. The van der Waals surface area contributed by atoms with Gasteiger partial charge in [-0.3, -0.25) is 5.41 Å². The summed E-state index contributed by atoms with van der Waals surface area (Å²) in [6.07, 6.45) is 0. The van der Waals surface area contributed by atoms with Crippen LogP contribution in [-0.2, 0) is 0 Å². The lowest BCUT2D eigenvalue weighted by Crippen LogP contribution is -2.31. The molecule has 1 N–H and O–H groups in total. The monoisotopic (exact) mass is 300 g/mol. The minimum absolute atomic E-state index is 0.700. The van der Waals surface area contributed by atoms with E-state index in [0.29, 0.717) is 5.84 Å². The Bertz CT molecular complexity index is 351. The standard InChI is InChI=1S/C12H17BrN2S/c1-3-15(4-2)12(14)9-16-11-8-6-5-7-10(11)13/h5-8,14H,3-4,9H2,1-2H3. The van der Waals surface area contributed by atoms with E-state index in [9.17, 15) is 0 Å². The molecule has 0 aliphatic carbocycles. The Morgan fingerprint density at radius 1 is 1.31 bits per heavy atom. The minimum atomic E-state index is 0.700. The van der Waals surface area contributed by atoms with E-state index in [1.807, 2.05) is 18.2 Å². The van der Waals surface area contributed by atoms with E-state index in [-0.39, 0.29) is 0 Å². The molecule has 0 spiro atoms. The maximum atomic E-state index is 7.96.